The normalized spacial score (nSPS) is 18.0. The van der Waals surface area contributed by atoms with Crippen LogP contribution in [0.3, 0.4) is 0 Å². The molecule has 1 rings (SSSR count). The van der Waals surface area contributed by atoms with Gasteiger partial charge >= 0.3 is 0 Å². The molecule has 0 aromatic rings. The summed E-state index contributed by atoms with van der Waals surface area (Å²) < 4.78 is 0. The lowest BCUT2D eigenvalue weighted by Gasteiger charge is -2.28. The van der Waals surface area contributed by atoms with Gasteiger partial charge in [0.2, 0.25) is 0 Å². The lowest BCUT2D eigenvalue weighted by atomic mass is 10.0. The van der Waals surface area contributed by atoms with Crippen molar-refractivity contribution in [3.05, 3.63) is 24.6 Å². The predicted molar refractivity (Wildman–Crippen MR) is 116 cm³/mol. The summed E-state index contributed by atoms with van der Waals surface area (Å²) in [5, 5.41) is 3.37. The van der Waals surface area contributed by atoms with Gasteiger partial charge in [-0.15, -0.1) is 0 Å². The Kier molecular flexibility index (Phi) is 14.4. The largest absolute Gasteiger partial charge is 0.370 e. The lowest BCUT2D eigenvalue weighted by molar-refractivity contribution is 0.213. The summed E-state index contributed by atoms with van der Waals surface area (Å²) in [4.78, 5) is 2.19. The quantitative estimate of drug-likeness (QED) is 0.231. The fraction of sp³-hybridized carbons (Fsp3) is 0.826. The van der Waals surface area contributed by atoms with Gasteiger partial charge in [0.1, 0.15) is 0 Å². The van der Waals surface area contributed by atoms with Crippen LogP contribution in [-0.4, -0.2) is 17.2 Å². The Labute approximate surface area is 163 Å². The van der Waals surface area contributed by atoms with E-state index in [1.807, 2.05) is 13.1 Å². The van der Waals surface area contributed by atoms with Gasteiger partial charge in [0, 0.05) is 12.4 Å². The first-order valence-electron chi connectivity index (χ1n) is 11.4. The Balaban J connectivity index is 1.81. The van der Waals surface area contributed by atoms with Gasteiger partial charge in [0.25, 0.3) is 0 Å². The fourth-order valence-corrected chi connectivity index (χ4v) is 3.68. The first-order valence-corrected chi connectivity index (χ1v) is 11.4. The van der Waals surface area contributed by atoms with Gasteiger partial charge in [-0.05, 0) is 32.6 Å². The van der Waals surface area contributed by atoms with Crippen LogP contribution in [0.1, 0.15) is 110 Å². The van der Waals surface area contributed by atoms with E-state index in [4.69, 9.17) is 5.73 Å². The Bertz CT molecular complexity index is 362. The highest BCUT2D eigenvalue weighted by Crippen LogP contribution is 2.14. The van der Waals surface area contributed by atoms with Crippen LogP contribution in [0.2, 0.25) is 0 Å². The van der Waals surface area contributed by atoms with Gasteiger partial charge in [-0.2, -0.15) is 0 Å². The molecule has 0 aliphatic carbocycles. The summed E-state index contributed by atoms with van der Waals surface area (Å²) in [5.41, 5.74) is 5.97. The van der Waals surface area contributed by atoms with Gasteiger partial charge in [-0.3, -0.25) is 0 Å². The second-order valence-corrected chi connectivity index (χ2v) is 7.91. The van der Waals surface area contributed by atoms with Crippen LogP contribution in [0.15, 0.2) is 24.6 Å². The van der Waals surface area contributed by atoms with Crippen molar-refractivity contribution >= 4 is 0 Å². The average molecular weight is 364 g/mol. The molecular formula is C23H45N3. The number of rotatable bonds is 17. The predicted octanol–water partition coefficient (Wildman–Crippen LogP) is 6.42. The van der Waals surface area contributed by atoms with Gasteiger partial charge < -0.3 is 16.0 Å². The van der Waals surface area contributed by atoms with Crippen molar-refractivity contribution in [3.63, 3.8) is 0 Å². The Morgan fingerprint density at radius 3 is 2.00 bits per heavy atom. The van der Waals surface area contributed by atoms with E-state index in [1.54, 1.807) is 0 Å². The third kappa shape index (κ3) is 11.6. The minimum absolute atomic E-state index is 0.0799. The van der Waals surface area contributed by atoms with Crippen LogP contribution in [0.25, 0.3) is 0 Å². The van der Waals surface area contributed by atoms with Crippen LogP contribution >= 0.6 is 0 Å². The van der Waals surface area contributed by atoms with Crippen molar-refractivity contribution in [2.45, 2.75) is 122 Å². The molecule has 0 aromatic heterocycles. The van der Waals surface area contributed by atoms with E-state index in [-0.39, 0.29) is 6.17 Å². The highest BCUT2D eigenvalue weighted by molar-refractivity contribution is 4.96. The standard InChI is InChI=1S/C23H45N3/c1-3-4-5-6-7-8-9-10-11-12-13-14-15-16-17-18-19-23-25-20-21-26(23)22(2)24/h16-17,20-23,25H,3-15,18-19,24H2,1-2H3/b17-16+. The maximum atomic E-state index is 5.97. The van der Waals surface area contributed by atoms with E-state index >= 15 is 0 Å². The molecular weight excluding hydrogens is 318 g/mol. The van der Waals surface area contributed by atoms with Crippen molar-refractivity contribution < 1.29 is 0 Å². The Hall–Kier alpha value is -0.960. The lowest BCUT2D eigenvalue weighted by Crippen LogP contribution is -2.44. The Morgan fingerprint density at radius 2 is 1.42 bits per heavy atom. The van der Waals surface area contributed by atoms with E-state index in [0.717, 1.165) is 12.8 Å². The van der Waals surface area contributed by atoms with Gasteiger partial charge in [0.15, 0.2) is 0 Å². The van der Waals surface area contributed by atoms with Crippen LogP contribution < -0.4 is 11.1 Å². The minimum atomic E-state index is 0.0799. The third-order valence-corrected chi connectivity index (χ3v) is 5.36. The molecule has 0 saturated carbocycles. The number of hydrogen-bond acceptors (Lipinski definition) is 3. The van der Waals surface area contributed by atoms with Gasteiger partial charge in [-0.25, -0.2) is 0 Å². The van der Waals surface area contributed by atoms with Crippen molar-refractivity contribution in [2.24, 2.45) is 5.73 Å². The number of allylic oxidation sites excluding steroid dienone is 2. The maximum Gasteiger partial charge on any atom is 0.0998 e. The number of nitrogens with one attached hydrogen (secondary N) is 1. The van der Waals surface area contributed by atoms with Crippen molar-refractivity contribution in [1.82, 2.24) is 10.2 Å². The highest BCUT2D eigenvalue weighted by atomic mass is 15.3. The number of nitrogens with two attached hydrogens (primary N) is 1. The van der Waals surface area contributed by atoms with E-state index < -0.39 is 0 Å². The molecule has 0 radical (unpaired) electrons. The molecule has 2 unspecified atom stereocenters. The molecule has 0 spiro atoms. The van der Waals surface area contributed by atoms with Crippen LogP contribution in [0, 0.1) is 0 Å². The molecule has 3 nitrogen and oxygen atoms in total. The minimum Gasteiger partial charge on any atom is -0.370 e. The smallest absolute Gasteiger partial charge is 0.0998 e. The van der Waals surface area contributed by atoms with Gasteiger partial charge in [0.05, 0.1) is 12.3 Å². The molecule has 0 fully saturated rings. The SMILES string of the molecule is CCCCCCCCCCCCCC/C=C/CCC1NC=CN1C(C)N. The third-order valence-electron chi connectivity index (χ3n) is 5.36. The number of nitrogens with zero attached hydrogens (tertiary/aromatic N) is 1. The summed E-state index contributed by atoms with van der Waals surface area (Å²) in [6, 6.07) is 0. The molecule has 1 aliphatic rings. The van der Waals surface area contributed by atoms with Crippen molar-refractivity contribution in [2.75, 3.05) is 0 Å². The molecule has 3 N–H and O–H groups in total. The molecule has 1 heterocycles. The van der Waals surface area contributed by atoms with Crippen molar-refractivity contribution in [1.29, 1.82) is 0 Å². The summed E-state index contributed by atoms with van der Waals surface area (Å²) in [6.07, 6.45) is 29.8. The fourth-order valence-electron chi connectivity index (χ4n) is 3.68. The molecule has 0 aromatic carbocycles. The van der Waals surface area contributed by atoms with E-state index in [0.29, 0.717) is 6.17 Å². The summed E-state index contributed by atoms with van der Waals surface area (Å²) in [5.74, 6) is 0. The maximum absolute atomic E-state index is 5.97. The topological polar surface area (TPSA) is 41.3 Å². The van der Waals surface area contributed by atoms with E-state index in [9.17, 15) is 0 Å². The monoisotopic (exact) mass is 363 g/mol. The van der Waals surface area contributed by atoms with Crippen LogP contribution in [-0.2, 0) is 0 Å². The molecule has 0 amide bonds. The van der Waals surface area contributed by atoms with Crippen molar-refractivity contribution in [3.8, 4) is 0 Å². The van der Waals surface area contributed by atoms with E-state index in [1.165, 1.54) is 83.5 Å². The van der Waals surface area contributed by atoms with E-state index in [2.05, 4.69) is 35.5 Å². The van der Waals surface area contributed by atoms with Crippen LogP contribution in [0.4, 0.5) is 0 Å². The van der Waals surface area contributed by atoms with Crippen LogP contribution in [0.5, 0.6) is 0 Å². The molecule has 0 saturated heterocycles. The molecule has 152 valence electrons. The zero-order valence-electron chi connectivity index (χ0n) is 17.6. The number of unbranched alkanes of at least 4 members (excludes halogenated alkanes) is 12. The second kappa shape index (κ2) is 16.2. The molecule has 2 atom stereocenters. The highest BCUT2D eigenvalue weighted by Gasteiger charge is 2.19. The summed E-state index contributed by atoms with van der Waals surface area (Å²) in [7, 11) is 0. The molecule has 1 aliphatic heterocycles. The zero-order chi connectivity index (χ0) is 18.9. The number of hydrogen-bond donors (Lipinski definition) is 2. The molecule has 3 heteroatoms. The molecule has 26 heavy (non-hydrogen) atoms. The van der Waals surface area contributed by atoms with Gasteiger partial charge in [-0.1, -0.05) is 89.7 Å². The average Bonchev–Trinajstić information content (AvgIpc) is 3.10. The first-order chi connectivity index (χ1) is 12.8. The molecule has 0 bridgehead atoms. The summed E-state index contributed by atoms with van der Waals surface area (Å²) in [6.45, 7) is 4.32. The first kappa shape index (κ1) is 23.1. The Morgan fingerprint density at radius 1 is 0.885 bits per heavy atom. The zero-order valence-corrected chi connectivity index (χ0v) is 17.6. The second-order valence-electron chi connectivity index (χ2n) is 7.91. The summed E-state index contributed by atoms with van der Waals surface area (Å²) >= 11 is 0.